The first-order valence-corrected chi connectivity index (χ1v) is 6.89. The van der Waals surface area contributed by atoms with Crippen LogP contribution in [-0.2, 0) is 6.54 Å². The Morgan fingerprint density at radius 2 is 2.00 bits per heavy atom. The number of rotatable bonds is 4. The van der Waals surface area contributed by atoms with E-state index in [-0.39, 0.29) is 0 Å². The summed E-state index contributed by atoms with van der Waals surface area (Å²) < 4.78 is 0. The highest BCUT2D eigenvalue weighted by atomic mass is 16.1. The molecule has 21 heavy (non-hydrogen) atoms. The second kappa shape index (κ2) is 5.75. The van der Waals surface area contributed by atoms with Crippen molar-refractivity contribution in [3.8, 4) is 0 Å². The third-order valence-corrected chi connectivity index (χ3v) is 3.53. The Bertz CT molecular complexity index is 796. The van der Waals surface area contributed by atoms with Crippen LogP contribution in [0.5, 0.6) is 0 Å². The molecule has 104 valence electrons. The molecule has 0 spiro atoms. The van der Waals surface area contributed by atoms with E-state index >= 15 is 0 Å². The van der Waals surface area contributed by atoms with Crippen molar-refractivity contribution >= 4 is 22.9 Å². The van der Waals surface area contributed by atoms with Gasteiger partial charge in [-0.05, 0) is 36.2 Å². The molecule has 0 bridgehead atoms. The number of nitrogens with one attached hydrogen (secondary N) is 1. The predicted octanol–water partition coefficient (Wildman–Crippen LogP) is 3.97. The Morgan fingerprint density at radius 1 is 1.14 bits per heavy atom. The molecule has 0 radical (unpaired) electrons. The normalized spacial score (nSPS) is 10.5. The van der Waals surface area contributed by atoms with Crippen LogP contribution in [0.3, 0.4) is 0 Å². The van der Waals surface area contributed by atoms with Crippen molar-refractivity contribution in [3.05, 3.63) is 71.4 Å². The second-order valence-electron chi connectivity index (χ2n) is 5.08. The van der Waals surface area contributed by atoms with Crippen LogP contribution in [0.25, 0.3) is 10.9 Å². The zero-order valence-electron chi connectivity index (χ0n) is 11.8. The van der Waals surface area contributed by atoms with Gasteiger partial charge in [-0.25, -0.2) is 0 Å². The number of fused-ring (bicyclic) bond motifs is 1. The monoisotopic (exact) mass is 276 g/mol. The third kappa shape index (κ3) is 2.92. The molecule has 1 heterocycles. The zero-order chi connectivity index (χ0) is 14.7. The lowest BCUT2D eigenvalue weighted by Crippen LogP contribution is -2.01. The van der Waals surface area contributed by atoms with E-state index < -0.39 is 0 Å². The number of benzene rings is 2. The molecule has 3 nitrogen and oxygen atoms in total. The van der Waals surface area contributed by atoms with Gasteiger partial charge in [-0.2, -0.15) is 0 Å². The summed E-state index contributed by atoms with van der Waals surface area (Å²) in [5.41, 5.74) is 5.05. The number of carbonyl (C=O) groups excluding carboxylic acids is 1. The van der Waals surface area contributed by atoms with E-state index in [1.807, 2.05) is 24.3 Å². The van der Waals surface area contributed by atoms with Gasteiger partial charge >= 0.3 is 0 Å². The predicted molar refractivity (Wildman–Crippen MR) is 85.6 cm³/mol. The number of nitrogens with zero attached hydrogens (tertiary/aromatic N) is 1. The van der Waals surface area contributed by atoms with Crippen LogP contribution in [0, 0.1) is 6.92 Å². The quantitative estimate of drug-likeness (QED) is 0.733. The summed E-state index contributed by atoms with van der Waals surface area (Å²) in [6, 6.07) is 16.2. The number of hydrogen-bond acceptors (Lipinski definition) is 3. The summed E-state index contributed by atoms with van der Waals surface area (Å²) in [4.78, 5) is 15.1. The number of carbonyl (C=O) groups is 1. The molecule has 0 saturated carbocycles. The van der Waals surface area contributed by atoms with Gasteiger partial charge in [-0.15, -0.1) is 0 Å². The van der Waals surface area contributed by atoms with Gasteiger partial charge in [0.05, 0.1) is 5.52 Å². The lowest BCUT2D eigenvalue weighted by atomic mass is 10.1. The summed E-state index contributed by atoms with van der Waals surface area (Å²) >= 11 is 0. The fraction of sp³-hybridized carbons (Fsp3) is 0.111. The average Bonchev–Trinajstić information content (AvgIpc) is 2.53. The third-order valence-electron chi connectivity index (χ3n) is 3.53. The lowest BCUT2D eigenvalue weighted by Gasteiger charge is -2.10. The Labute approximate surface area is 123 Å². The maximum Gasteiger partial charge on any atom is 0.151 e. The molecule has 3 rings (SSSR count). The van der Waals surface area contributed by atoms with Crippen molar-refractivity contribution in [1.29, 1.82) is 0 Å². The molecule has 0 aliphatic heterocycles. The fourth-order valence-corrected chi connectivity index (χ4v) is 2.33. The fourth-order valence-electron chi connectivity index (χ4n) is 2.33. The highest BCUT2D eigenvalue weighted by molar-refractivity contribution is 5.86. The number of aromatic nitrogens is 1. The van der Waals surface area contributed by atoms with Crippen LogP contribution in [0.1, 0.15) is 21.5 Å². The van der Waals surface area contributed by atoms with Gasteiger partial charge in [0.25, 0.3) is 0 Å². The zero-order valence-corrected chi connectivity index (χ0v) is 11.8. The topological polar surface area (TPSA) is 42.0 Å². The minimum absolute atomic E-state index is 0.605. The first kappa shape index (κ1) is 13.3. The van der Waals surface area contributed by atoms with E-state index in [9.17, 15) is 4.79 Å². The van der Waals surface area contributed by atoms with Crippen LogP contribution in [0.4, 0.5) is 5.69 Å². The van der Waals surface area contributed by atoms with Crippen LogP contribution >= 0.6 is 0 Å². The van der Waals surface area contributed by atoms with Gasteiger partial charge in [-0.3, -0.25) is 9.78 Å². The standard InChI is InChI=1S/C18H16N2O/c1-13-4-2-3-5-17(13)19-10-14-6-7-16-8-15(12-21)11-20-18(16)9-14/h2-9,11-12,19H,10H2,1H3. The molecule has 0 fully saturated rings. The number of anilines is 1. The molecule has 0 amide bonds. The molecule has 3 heteroatoms. The Morgan fingerprint density at radius 3 is 2.81 bits per heavy atom. The Hall–Kier alpha value is -2.68. The number of hydrogen-bond donors (Lipinski definition) is 1. The maximum atomic E-state index is 10.8. The molecule has 0 unspecified atom stereocenters. The maximum absolute atomic E-state index is 10.8. The second-order valence-corrected chi connectivity index (χ2v) is 5.08. The molecule has 0 atom stereocenters. The van der Waals surface area contributed by atoms with E-state index in [4.69, 9.17) is 0 Å². The Balaban J connectivity index is 1.82. The van der Waals surface area contributed by atoms with Crippen molar-refractivity contribution in [3.63, 3.8) is 0 Å². The van der Waals surface area contributed by atoms with Crippen LogP contribution in [0.2, 0.25) is 0 Å². The highest BCUT2D eigenvalue weighted by Crippen LogP contribution is 2.18. The lowest BCUT2D eigenvalue weighted by molar-refractivity contribution is 0.112. The first-order chi connectivity index (χ1) is 10.3. The van der Waals surface area contributed by atoms with Gasteiger partial charge in [-0.1, -0.05) is 30.3 Å². The number of aryl methyl sites for hydroxylation is 1. The minimum atomic E-state index is 0.605. The molecule has 3 aromatic rings. The Kier molecular flexibility index (Phi) is 3.65. The molecule has 2 aromatic carbocycles. The van der Waals surface area contributed by atoms with Crippen molar-refractivity contribution in [2.75, 3.05) is 5.32 Å². The summed E-state index contributed by atoms with van der Waals surface area (Å²) in [6.45, 7) is 2.84. The number of para-hydroxylation sites is 1. The van der Waals surface area contributed by atoms with Gasteiger partial charge in [0, 0.05) is 29.4 Å². The van der Waals surface area contributed by atoms with Crippen molar-refractivity contribution in [1.82, 2.24) is 4.98 Å². The summed E-state index contributed by atoms with van der Waals surface area (Å²) in [6.07, 6.45) is 2.42. The van der Waals surface area contributed by atoms with E-state index in [2.05, 4.69) is 41.5 Å². The van der Waals surface area contributed by atoms with Crippen molar-refractivity contribution in [2.45, 2.75) is 13.5 Å². The first-order valence-electron chi connectivity index (χ1n) is 6.89. The molecule has 0 saturated heterocycles. The largest absolute Gasteiger partial charge is 0.381 e. The molecular weight excluding hydrogens is 260 g/mol. The van der Waals surface area contributed by atoms with E-state index in [0.717, 1.165) is 35.0 Å². The van der Waals surface area contributed by atoms with E-state index in [1.165, 1.54) is 5.56 Å². The molecule has 1 N–H and O–H groups in total. The highest BCUT2D eigenvalue weighted by Gasteiger charge is 2.01. The van der Waals surface area contributed by atoms with Gasteiger partial charge in [0.15, 0.2) is 6.29 Å². The summed E-state index contributed by atoms with van der Waals surface area (Å²) in [5.74, 6) is 0. The molecule has 0 aliphatic carbocycles. The number of aldehydes is 1. The summed E-state index contributed by atoms with van der Waals surface area (Å²) in [7, 11) is 0. The number of pyridine rings is 1. The van der Waals surface area contributed by atoms with Crippen LogP contribution in [0.15, 0.2) is 54.7 Å². The van der Waals surface area contributed by atoms with Crippen LogP contribution in [-0.4, -0.2) is 11.3 Å². The van der Waals surface area contributed by atoms with Gasteiger partial charge in [0.2, 0.25) is 0 Å². The molecule has 1 aromatic heterocycles. The average molecular weight is 276 g/mol. The minimum Gasteiger partial charge on any atom is -0.381 e. The van der Waals surface area contributed by atoms with E-state index in [0.29, 0.717) is 5.56 Å². The van der Waals surface area contributed by atoms with Crippen molar-refractivity contribution < 1.29 is 4.79 Å². The SMILES string of the molecule is Cc1ccccc1NCc1ccc2cc(C=O)cnc2c1. The molecule has 0 aliphatic rings. The van der Waals surface area contributed by atoms with Gasteiger partial charge in [0.1, 0.15) is 0 Å². The van der Waals surface area contributed by atoms with Crippen molar-refractivity contribution in [2.24, 2.45) is 0 Å². The summed E-state index contributed by atoms with van der Waals surface area (Å²) in [5, 5.41) is 4.42. The van der Waals surface area contributed by atoms with Gasteiger partial charge < -0.3 is 5.32 Å². The van der Waals surface area contributed by atoms with Crippen LogP contribution < -0.4 is 5.32 Å². The van der Waals surface area contributed by atoms with E-state index in [1.54, 1.807) is 6.20 Å². The molecular formula is C18H16N2O. The smallest absolute Gasteiger partial charge is 0.151 e.